The molecule has 0 fully saturated rings. The number of carbonyl (C=O) groups excluding carboxylic acids is 2. The van der Waals surface area contributed by atoms with E-state index in [0.717, 1.165) is 29.1 Å². The maximum atomic E-state index is 12.8. The van der Waals surface area contributed by atoms with Crippen molar-refractivity contribution >= 4 is 29.2 Å². The molecule has 1 aliphatic rings. The number of fused-ring (bicyclic) bond motifs is 1. The number of hydrogen-bond donors (Lipinski definition) is 1. The number of H-pyrrole nitrogens is 1. The van der Waals surface area contributed by atoms with Gasteiger partial charge in [0.15, 0.2) is 5.78 Å². The van der Waals surface area contributed by atoms with Crippen molar-refractivity contribution in [1.29, 1.82) is 0 Å². The minimum Gasteiger partial charge on any atom is -0.460 e. The maximum Gasteiger partial charge on any atom is 0.355 e. The highest BCUT2D eigenvalue weighted by Crippen LogP contribution is 2.35. The molecular formula is C21H26N2O3S. The molecule has 3 rings (SSSR count). The van der Waals surface area contributed by atoms with Gasteiger partial charge < -0.3 is 14.6 Å². The molecule has 1 aromatic carbocycles. The Morgan fingerprint density at radius 2 is 1.96 bits per heavy atom. The van der Waals surface area contributed by atoms with E-state index in [0.29, 0.717) is 29.8 Å². The van der Waals surface area contributed by atoms with Gasteiger partial charge in [-0.15, -0.1) is 0 Å². The molecule has 6 heteroatoms. The van der Waals surface area contributed by atoms with E-state index >= 15 is 0 Å². The Hall–Kier alpha value is -2.21. The average molecular weight is 387 g/mol. The van der Waals surface area contributed by atoms with Crippen LogP contribution < -0.4 is 4.90 Å². The summed E-state index contributed by atoms with van der Waals surface area (Å²) in [5.74, 6) is 0.597. The lowest BCUT2D eigenvalue weighted by molar-refractivity contribution is 0.0523. The van der Waals surface area contributed by atoms with E-state index in [4.69, 9.17) is 4.74 Å². The number of aromatic amines is 1. The average Bonchev–Trinajstić information content (AvgIpc) is 2.99. The first-order chi connectivity index (χ1) is 12.9. The molecule has 0 bridgehead atoms. The van der Waals surface area contributed by atoms with E-state index in [1.165, 1.54) is 0 Å². The summed E-state index contributed by atoms with van der Waals surface area (Å²) in [5.41, 5.74) is 4.93. The Morgan fingerprint density at radius 1 is 1.26 bits per heavy atom. The van der Waals surface area contributed by atoms with Crippen LogP contribution in [-0.2, 0) is 11.2 Å². The van der Waals surface area contributed by atoms with Gasteiger partial charge in [0.05, 0.1) is 0 Å². The van der Waals surface area contributed by atoms with Crippen molar-refractivity contribution in [2.45, 2.75) is 25.7 Å². The van der Waals surface area contributed by atoms with Crippen LogP contribution in [0.25, 0.3) is 0 Å². The van der Waals surface area contributed by atoms with E-state index < -0.39 is 0 Å². The van der Waals surface area contributed by atoms with E-state index in [1.807, 2.05) is 27.3 Å². The van der Waals surface area contributed by atoms with Crippen molar-refractivity contribution < 1.29 is 14.3 Å². The number of benzene rings is 1. The zero-order valence-electron chi connectivity index (χ0n) is 16.3. The van der Waals surface area contributed by atoms with Crippen molar-refractivity contribution in [3.05, 3.63) is 52.3 Å². The highest BCUT2D eigenvalue weighted by Gasteiger charge is 2.32. The number of carbonyl (C=O) groups is 2. The predicted molar refractivity (Wildman–Crippen MR) is 110 cm³/mol. The lowest BCUT2D eigenvalue weighted by Crippen LogP contribution is -2.18. The third-order valence-corrected chi connectivity index (χ3v) is 5.67. The summed E-state index contributed by atoms with van der Waals surface area (Å²) in [4.78, 5) is 30.3. The molecule has 0 radical (unpaired) electrons. The van der Waals surface area contributed by atoms with Gasteiger partial charge in [-0.1, -0.05) is 12.1 Å². The van der Waals surface area contributed by atoms with Crippen molar-refractivity contribution in [1.82, 2.24) is 4.98 Å². The first kappa shape index (κ1) is 19.5. The van der Waals surface area contributed by atoms with E-state index in [1.54, 1.807) is 11.8 Å². The van der Waals surface area contributed by atoms with Gasteiger partial charge in [0.25, 0.3) is 0 Å². The van der Waals surface area contributed by atoms with Crippen LogP contribution in [0.4, 0.5) is 5.69 Å². The zero-order chi connectivity index (χ0) is 19.6. The fourth-order valence-corrected chi connectivity index (χ4v) is 3.86. The second-order valence-corrected chi connectivity index (χ2v) is 8.11. The lowest BCUT2D eigenvalue weighted by Gasteiger charge is -2.23. The van der Waals surface area contributed by atoms with Gasteiger partial charge in [0, 0.05) is 43.2 Å². The van der Waals surface area contributed by atoms with Crippen LogP contribution in [-0.4, -0.2) is 49.4 Å². The predicted octanol–water partition coefficient (Wildman–Crippen LogP) is 3.82. The third-order valence-electron chi connectivity index (χ3n) is 5.09. The molecule has 1 aliphatic carbocycles. The smallest absolute Gasteiger partial charge is 0.355 e. The van der Waals surface area contributed by atoms with Gasteiger partial charge >= 0.3 is 5.97 Å². The molecule has 1 N–H and O–H groups in total. The van der Waals surface area contributed by atoms with Gasteiger partial charge in [0.1, 0.15) is 12.3 Å². The summed E-state index contributed by atoms with van der Waals surface area (Å²) < 4.78 is 5.30. The van der Waals surface area contributed by atoms with Gasteiger partial charge in [-0.2, -0.15) is 11.8 Å². The Balaban J connectivity index is 1.81. The number of aromatic nitrogens is 1. The normalized spacial score (nSPS) is 16.1. The third kappa shape index (κ3) is 4.05. The molecule has 0 aliphatic heterocycles. The van der Waals surface area contributed by atoms with E-state index in [9.17, 15) is 9.59 Å². The molecule has 5 nitrogen and oxygen atoms in total. The summed E-state index contributed by atoms with van der Waals surface area (Å²) in [5, 5.41) is 0. The standard InChI is InChI=1S/C21H26N2O3S/c1-13-19-17(22-20(13)21(25)26-9-10-27-4)11-15(12-18(19)24)14-5-7-16(8-6-14)23(2)3/h5-8,15,22H,9-12H2,1-4H3/t15-/m1/s1. The number of thioether (sulfide) groups is 1. The van der Waals surface area contributed by atoms with Crippen LogP contribution in [0.3, 0.4) is 0 Å². The van der Waals surface area contributed by atoms with E-state index in [-0.39, 0.29) is 17.7 Å². The van der Waals surface area contributed by atoms with Gasteiger partial charge in [-0.05, 0) is 48.8 Å². The number of Topliss-reactive ketones (excluding diaryl/α,β-unsaturated/α-hetero) is 1. The topological polar surface area (TPSA) is 62.4 Å². The van der Waals surface area contributed by atoms with Crippen LogP contribution in [0.2, 0.25) is 0 Å². The van der Waals surface area contributed by atoms with Gasteiger partial charge in [-0.3, -0.25) is 4.79 Å². The molecule has 27 heavy (non-hydrogen) atoms. The summed E-state index contributed by atoms with van der Waals surface area (Å²) in [6, 6.07) is 8.32. The molecule has 0 amide bonds. The van der Waals surface area contributed by atoms with Crippen LogP contribution in [0.15, 0.2) is 24.3 Å². The molecule has 0 spiro atoms. The molecule has 2 aromatic rings. The molecule has 0 saturated heterocycles. The first-order valence-electron chi connectivity index (χ1n) is 9.10. The highest BCUT2D eigenvalue weighted by atomic mass is 32.2. The minimum absolute atomic E-state index is 0.0925. The van der Waals surface area contributed by atoms with E-state index in [2.05, 4.69) is 34.1 Å². The fourth-order valence-electron chi connectivity index (χ4n) is 3.61. The van der Waals surface area contributed by atoms with Gasteiger partial charge in [0.2, 0.25) is 0 Å². The largest absolute Gasteiger partial charge is 0.460 e. The number of ether oxygens (including phenoxy) is 1. The maximum absolute atomic E-state index is 12.8. The summed E-state index contributed by atoms with van der Waals surface area (Å²) in [7, 11) is 4.01. The zero-order valence-corrected chi connectivity index (χ0v) is 17.1. The second kappa shape index (κ2) is 8.21. The molecule has 0 unspecified atom stereocenters. The van der Waals surface area contributed by atoms with Crippen LogP contribution in [0, 0.1) is 6.92 Å². The Bertz CT molecular complexity index is 840. The molecule has 1 atom stereocenters. The number of esters is 1. The Kier molecular flexibility index (Phi) is 5.95. The first-order valence-corrected chi connectivity index (χ1v) is 10.5. The number of hydrogen-bond acceptors (Lipinski definition) is 5. The molecule has 1 heterocycles. The molecule has 1 aromatic heterocycles. The molecule has 0 saturated carbocycles. The summed E-state index contributed by atoms with van der Waals surface area (Å²) >= 11 is 1.63. The summed E-state index contributed by atoms with van der Waals surface area (Å²) in [6.45, 7) is 2.20. The quantitative estimate of drug-likeness (QED) is 0.604. The van der Waals surface area contributed by atoms with Crippen LogP contribution in [0.1, 0.15) is 50.0 Å². The van der Waals surface area contributed by atoms with Crippen molar-refractivity contribution in [3.63, 3.8) is 0 Å². The number of anilines is 1. The van der Waals surface area contributed by atoms with Gasteiger partial charge in [-0.25, -0.2) is 4.79 Å². The summed E-state index contributed by atoms with van der Waals surface area (Å²) in [6.07, 6.45) is 3.16. The number of rotatable bonds is 6. The number of nitrogens with one attached hydrogen (secondary N) is 1. The molecular weight excluding hydrogens is 360 g/mol. The van der Waals surface area contributed by atoms with Crippen molar-refractivity contribution in [2.75, 3.05) is 37.6 Å². The second-order valence-electron chi connectivity index (χ2n) is 7.12. The van der Waals surface area contributed by atoms with Crippen LogP contribution in [0.5, 0.6) is 0 Å². The number of nitrogens with zero attached hydrogens (tertiary/aromatic N) is 1. The monoisotopic (exact) mass is 386 g/mol. The van der Waals surface area contributed by atoms with Crippen molar-refractivity contribution in [2.24, 2.45) is 0 Å². The Morgan fingerprint density at radius 3 is 2.59 bits per heavy atom. The minimum atomic E-state index is -0.379. The lowest BCUT2D eigenvalue weighted by atomic mass is 9.81. The van der Waals surface area contributed by atoms with Crippen molar-refractivity contribution in [3.8, 4) is 0 Å². The van der Waals surface area contributed by atoms with Crippen LogP contribution >= 0.6 is 11.8 Å². The SMILES string of the molecule is CSCCOC(=O)c1[nH]c2c(c1C)C(=O)C[C@H](c1ccc(N(C)C)cc1)C2. The Labute approximate surface area is 164 Å². The highest BCUT2D eigenvalue weighted by molar-refractivity contribution is 7.98. The fraction of sp³-hybridized carbons (Fsp3) is 0.429. The molecule has 144 valence electrons. The number of ketones is 1.